The molecule has 0 aliphatic carbocycles. The summed E-state index contributed by atoms with van der Waals surface area (Å²) in [6, 6.07) is 6.50. The van der Waals surface area contributed by atoms with Crippen molar-refractivity contribution < 1.29 is 27.9 Å². The summed E-state index contributed by atoms with van der Waals surface area (Å²) in [5, 5.41) is 11.4. The fourth-order valence-corrected chi connectivity index (χ4v) is 3.76. The first kappa shape index (κ1) is 19.2. The predicted octanol–water partition coefficient (Wildman–Crippen LogP) is 1.15. The zero-order valence-corrected chi connectivity index (χ0v) is 14.8. The van der Waals surface area contributed by atoms with E-state index in [1.807, 2.05) is 0 Å². The predicted molar refractivity (Wildman–Crippen MR) is 92.0 cm³/mol. The van der Waals surface area contributed by atoms with Crippen LogP contribution in [0, 0.1) is 5.92 Å². The first-order valence-electron chi connectivity index (χ1n) is 8.05. The summed E-state index contributed by atoms with van der Waals surface area (Å²) < 4.78 is 30.2. The molecule has 25 heavy (non-hydrogen) atoms. The number of sulfonamides is 1. The molecule has 8 nitrogen and oxygen atoms in total. The average molecular weight is 370 g/mol. The van der Waals surface area contributed by atoms with Gasteiger partial charge in [-0.3, -0.25) is 4.79 Å². The highest BCUT2D eigenvalue weighted by molar-refractivity contribution is 7.89. The van der Waals surface area contributed by atoms with Crippen LogP contribution in [0.4, 0.5) is 5.69 Å². The summed E-state index contributed by atoms with van der Waals surface area (Å²) in [6.45, 7) is 1.83. The molecule has 1 aromatic carbocycles. The molecule has 0 saturated carbocycles. The third-order valence-electron chi connectivity index (χ3n) is 4.05. The smallest absolute Gasteiger partial charge is 0.341 e. The summed E-state index contributed by atoms with van der Waals surface area (Å²) >= 11 is 0. The van der Waals surface area contributed by atoms with E-state index in [9.17, 15) is 18.0 Å². The van der Waals surface area contributed by atoms with Crippen LogP contribution in [0.2, 0.25) is 0 Å². The van der Waals surface area contributed by atoms with Crippen LogP contribution >= 0.6 is 0 Å². The molecule has 0 spiro atoms. The maximum atomic E-state index is 12.4. The highest BCUT2D eigenvalue weighted by Gasteiger charge is 2.30. The highest BCUT2D eigenvalue weighted by Crippen LogP contribution is 2.23. The minimum Gasteiger partial charge on any atom is -0.482 e. The van der Waals surface area contributed by atoms with Crippen molar-refractivity contribution in [3.05, 3.63) is 24.3 Å². The Balaban J connectivity index is 1.90. The minimum atomic E-state index is -3.21. The number of piperidine rings is 1. The zero-order valence-electron chi connectivity index (χ0n) is 14.0. The number of ether oxygens (including phenoxy) is 1. The molecule has 0 radical (unpaired) electrons. The van der Waals surface area contributed by atoms with Gasteiger partial charge in [0.25, 0.3) is 0 Å². The van der Waals surface area contributed by atoms with Gasteiger partial charge < -0.3 is 15.2 Å². The minimum absolute atomic E-state index is 0.0625. The van der Waals surface area contributed by atoms with Crippen molar-refractivity contribution in [1.29, 1.82) is 0 Å². The number of anilines is 1. The third-order valence-corrected chi connectivity index (χ3v) is 5.93. The SMILES string of the molecule is CCS(=O)(=O)N1CCC(C(=O)Nc2cccc(OCC(=O)O)c2)CC1. The van der Waals surface area contributed by atoms with Crippen LogP contribution in [0.5, 0.6) is 5.75 Å². The second-order valence-electron chi connectivity index (χ2n) is 5.77. The average Bonchev–Trinajstić information content (AvgIpc) is 2.60. The van der Waals surface area contributed by atoms with Crippen LogP contribution in [0.15, 0.2) is 24.3 Å². The monoisotopic (exact) mass is 370 g/mol. The lowest BCUT2D eigenvalue weighted by atomic mass is 9.97. The molecular formula is C16H22N2O6S. The van der Waals surface area contributed by atoms with Gasteiger partial charge in [-0.2, -0.15) is 0 Å². The maximum absolute atomic E-state index is 12.4. The molecule has 0 bridgehead atoms. The van der Waals surface area contributed by atoms with E-state index < -0.39 is 22.6 Å². The maximum Gasteiger partial charge on any atom is 0.341 e. The fraction of sp³-hybridized carbons (Fsp3) is 0.500. The van der Waals surface area contributed by atoms with Gasteiger partial charge in [-0.25, -0.2) is 17.5 Å². The number of nitrogens with zero attached hydrogens (tertiary/aromatic N) is 1. The van der Waals surface area contributed by atoms with Gasteiger partial charge in [-0.15, -0.1) is 0 Å². The van der Waals surface area contributed by atoms with Crippen molar-refractivity contribution in [1.82, 2.24) is 4.31 Å². The van der Waals surface area contributed by atoms with Crippen molar-refractivity contribution in [3.63, 3.8) is 0 Å². The number of benzene rings is 1. The number of hydrogen-bond donors (Lipinski definition) is 2. The van der Waals surface area contributed by atoms with Gasteiger partial charge in [0.1, 0.15) is 5.75 Å². The van der Waals surface area contributed by atoms with E-state index in [1.54, 1.807) is 31.2 Å². The lowest BCUT2D eigenvalue weighted by Gasteiger charge is -2.30. The Morgan fingerprint density at radius 1 is 1.32 bits per heavy atom. The van der Waals surface area contributed by atoms with Crippen LogP contribution in [-0.4, -0.2) is 55.2 Å². The molecular weight excluding hydrogens is 348 g/mol. The number of carbonyl (C=O) groups excluding carboxylic acids is 1. The van der Waals surface area contributed by atoms with Gasteiger partial charge in [-0.1, -0.05) is 6.07 Å². The summed E-state index contributed by atoms with van der Waals surface area (Å²) in [6.07, 6.45) is 0.945. The number of aliphatic carboxylic acids is 1. The van der Waals surface area contributed by atoms with Crippen LogP contribution in [0.1, 0.15) is 19.8 Å². The van der Waals surface area contributed by atoms with Crippen molar-refractivity contribution >= 4 is 27.6 Å². The number of hydrogen-bond acceptors (Lipinski definition) is 5. The van der Waals surface area contributed by atoms with Gasteiger partial charge in [0.15, 0.2) is 6.61 Å². The molecule has 1 heterocycles. The molecule has 138 valence electrons. The lowest BCUT2D eigenvalue weighted by Crippen LogP contribution is -2.42. The van der Waals surface area contributed by atoms with E-state index in [0.29, 0.717) is 37.4 Å². The molecule has 1 aliphatic rings. The molecule has 9 heteroatoms. The number of amides is 1. The topological polar surface area (TPSA) is 113 Å². The molecule has 1 amide bonds. The molecule has 0 unspecified atom stereocenters. The number of carboxylic acids is 1. The molecule has 1 aliphatic heterocycles. The molecule has 1 fully saturated rings. The first-order valence-corrected chi connectivity index (χ1v) is 9.66. The molecule has 2 N–H and O–H groups in total. The van der Waals surface area contributed by atoms with Gasteiger partial charge in [0, 0.05) is 30.8 Å². The molecule has 2 rings (SSSR count). The lowest BCUT2D eigenvalue weighted by molar-refractivity contribution is -0.139. The van der Waals surface area contributed by atoms with E-state index in [0.717, 1.165) is 0 Å². The standard InChI is InChI=1S/C16H22N2O6S/c1-2-25(22,23)18-8-6-12(7-9-18)16(21)17-13-4-3-5-14(10-13)24-11-15(19)20/h3-5,10,12H,2,6-9,11H2,1H3,(H,17,21)(H,19,20). The Hall–Kier alpha value is -2.13. The Kier molecular flexibility index (Phi) is 6.38. The van der Waals surface area contributed by atoms with Crippen molar-refractivity contribution in [2.24, 2.45) is 5.92 Å². The van der Waals surface area contributed by atoms with Crippen LogP contribution in [0.25, 0.3) is 0 Å². The summed E-state index contributed by atoms with van der Waals surface area (Å²) in [5.74, 6) is -1.10. The van der Waals surface area contributed by atoms with E-state index in [4.69, 9.17) is 9.84 Å². The molecule has 0 aromatic heterocycles. The number of rotatable bonds is 7. The van der Waals surface area contributed by atoms with Crippen molar-refractivity contribution in [2.75, 3.05) is 30.8 Å². The van der Waals surface area contributed by atoms with Crippen LogP contribution in [-0.2, 0) is 19.6 Å². The second kappa shape index (κ2) is 8.30. The Morgan fingerprint density at radius 2 is 2.00 bits per heavy atom. The van der Waals surface area contributed by atoms with E-state index in [-0.39, 0.29) is 17.6 Å². The second-order valence-corrected chi connectivity index (χ2v) is 8.03. The molecule has 0 atom stereocenters. The van der Waals surface area contributed by atoms with Crippen molar-refractivity contribution in [2.45, 2.75) is 19.8 Å². The third kappa shape index (κ3) is 5.43. The Labute approximate surface area is 146 Å². The Morgan fingerprint density at radius 3 is 2.60 bits per heavy atom. The van der Waals surface area contributed by atoms with Crippen LogP contribution < -0.4 is 10.1 Å². The molecule has 1 aromatic rings. The Bertz CT molecular complexity index is 726. The van der Waals surface area contributed by atoms with Gasteiger partial charge in [0.2, 0.25) is 15.9 Å². The quantitative estimate of drug-likeness (QED) is 0.744. The highest BCUT2D eigenvalue weighted by atomic mass is 32.2. The largest absolute Gasteiger partial charge is 0.482 e. The zero-order chi connectivity index (χ0) is 18.4. The van der Waals surface area contributed by atoms with Crippen LogP contribution in [0.3, 0.4) is 0 Å². The number of nitrogens with one attached hydrogen (secondary N) is 1. The summed E-state index contributed by atoms with van der Waals surface area (Å²) in [5.41, 5.74) is 0.511. The van der Waals surface area contributed by atoms with E-state index in [1.165, 1.54) is 4.31 Å². The summed E-state index contributed by atoms with van der Waals surface area (Å²) in [7, 11) is -3.21. The number of carbonyl (C=O) groups is 2. The van der Waals surface area contributed by atoms with Gasteiger partial charge >= 0.3 is 5.97 Å². The first-order chi connectivity index (χ1) is 11.8. The van der Waals surface area contributed by atoms with Gasteiger partial charge in [0.05, 0.1) is 5.75 Å². The van der Waals surface area contributed by atoms with Crippen molar-refractivity contribution in [3.8, 4) is 5.75 Å². The van der Waals surface area contributed by atoms with E-state index in [2.05, 4.69) is 5.32 Å². The van der Waals surface area contributed by atoms with Gasteiger partial charge in [-0.05, 0) is 31.9 Å². The normalized spacial score (nSPS) is 16.4. The summed E-state index contributed by atoms with van der Waals surface area (Å²) in [4.78, 5) is 22.9. The fourth-order valence-electron chi connectivity index (χ4n) is 2.63. The van der Waals surface area contributed by atoms with E-state index >= 15 is 0 Å². The number of carboxylic acid groups (broad SMARTS) is 1. The molecule has 1 saturated heterocycles.